The van der Waals surface area contributed by atoms with Crippen LogP contribution in [0.5, 0.6) is 0 Å². The van der Waals surface area contributed by atoms with Crippen LogP contribution >= 0.6 is 0 Å². The van der Waals surface area contributed by atoms with Crippen molar-refractivity contribution in [3.63, 3.8) is 0 Å². The lowest BCUT2D eigenvalue weighted by molar-refractivity contribution is -0.153. The summed E-state index contributed by atoms with van der Waals surface area (Å²) >= 11 is 0. The Morgan fingerprint density at radius 1 is 1.06 bits per heavy atom. The lowest BCUT2D eigenvalue weighted by atomic mass is 9.74. The molecule has 0 saturated carbocycles. The smallest absolute Gasteiger partial charge is 0.249 e. The Balaban J connectivity index is 1.78. The van der Waals surface area contributed by atoms with E-state index >= 15 is 0 Å². The van der Waals surface area contributed by atoms with Gasteiger partial charge in [-0.1, -0.05) is 37.6 Å². The zero-order chi connectivity index (χ0) is 24.7. The molecule has 3 amide bonds. The molecule has 0 aliphatic carbocycles. The van der Waals surface area contributed by atoms with Crippen molar-refractivity contribution >= 4 is 17.7 Å². The fourth-order valence-electron chi connectivity index (χ4n) is 6.44. The molecule has 8 heteroatoms. The Bertz CT molecular complexity index is 888. The van der Waals surface area contributed by atoms with Gasteiger partial charge in [-0.3, -0.25) is 14.4 Å². The number of unbranched alkanes of at least 4 members (excludes halogenated alkanes) is 2. The molecule has 0 aromatic heterocycles. The number of aliphatic hydroxyl groups is 1. The fourth-order valence-corrected chi connectivity index (χ4v) is 6.44. The first-order valence-electron chi connectivity index (χ1n) is 12.7. The number of hydrogen-bond donors (Lipinski definition) is 1. The first-order chi connectivity index (χ1) is 16.2. The molecule has 0 radical (unpaired) electrons. The minimum atomic E-state index is -1.18. The summed E-state index contributed by atoms with van der Waals surface area (Å²) in [6.07, 6.45) is 11.6. The van der Waals surface area contributed by atoms with Crippen LogP contribution in [0.25, 0.3) is 0 Å². The van der Waals surface area contributed by atoms with Gasteiger partial charge in [0, 0.05) is 39.3 Å². The van der Waals surface area contributed by atoms with Gasteiger partial charge in [0.2, 0.25) is 17.7 Å². The van der Waals surface area contributed by atoms with Gasteiger partial charge in [-0.05, 0) is 39.5 Å². The quantitative estimate of drug-likeness (QED) is 0.428. The van der Waals surface area contributed by atoms with E-state index in [4.69, 9.17) is 4.74 Å². The summed E-state index contributed by atoms with van der Waals surface area (Å²) in [5.41, 5.74) is -2.14. The average Bonchev–Trinajstić information content (AvgIpc) is 3.06. The van der Waals surface area contributed by atoms with Gasteiger partial charge in [0.15, 0.2) is 0 Å². The third kappa shape index (κ3) is 3.79. The Labute approximate surface area is 202 Å². The van der Waals surface area contributed by atoms with Gasteiger partial charge in [-0.15, -0.1) is 0 Å². The number of amides is 3. The van der Waals surface area contributed by atoms with Crippen LogP contribution in [-0.2, 0) is 19.1 Å². The highest BCUT2D eigenvalue weighted by atomic mass is 16.5. The Kier molecular flexibility index (Phi) is 6.93. The van der Waals surface area contributed by atoms with E-state index in [9.17, 15) is 19.5 Å². The van der Waals surface area contributed by atoms with E-state index in [-0.39, 0.29) is 30.4 Å². The third-order valence-corrected chi connectivity index (χ3v) is 8.09. The fraction of sp³-hybridized carbons (Fsp3) is 0.731. The molecular weight excluding hydrogens is 434 g/mol. The molecule has 4 rings (SSSR count). The van der Waals surface area contributed by atoms with E-state index in [1.54, 1.807) is 16.8 Å². The summed E-state index contributed by atoms with van der Waals surface area (Å²) in [6, 6.07) is -0.759. The summed E-state index contributed by atoms with van der Waals surface area (Å²) in [4.78, 5) is 46.8. The zero-order valence-electron chi connectivity index (χ0n) is 20.9. The van der Waals surface area contributed by atoms with Crippen LogP contribution in [0.4, 0.5) is 0 Å². The molecule has 1 N–H and O–H groups in total. The Morgan fingerprint density at radius 3 is 2.50 bits per heavy atom. The highest BCUT2D eigenvalue weighted by molar-refractivity contribution is 6.00. The summed E-state index contributed by atoms with van der Waals surface area (Å²) in [5.74, 6) is -1.84. The molecule has 2 fully saturated rings. The van der Waals surface area contributed by atoms with Crippen molar-refractivity contribution in [2.24, 2.45) is 11.8 Å². The van der Waals surface area contributed by atoms with Gasteiger partial charge in [-0.25, -0.2) is 0 Å². The van der Waals surface area contributed by atoms with E-state index < -0.39 is 29.1 Å². The van der Waals surface area contributed by atoms with Crippen LogP contribution in [-0.4, -0.2) is 94.1 Å². The second-order valence-electron chi connectivity index (χ2n) is 10.5. The standard InChI is InChI=1S/C26H39N3O5/c1-5-11-18(2)28-16-10-13-26-20(19-22(31)27(4)14-9-12-25(19,3)34-26)23(32)29(21(26)24(28)33)15-7-6-8-17-30/h9-10,12-13,18-21,30H,5-8,11,14-17H2,1-4H3/t18?,19-,20-,21?,25+,26-/m0/s1. The van der Waals surface area contributed by atoms with Crippen LogP contribution in [0, 0.1) is 11.8 Å². The van der Waals surface area contributed by atoms with Gasteiger partial charge in [-0.2, -0.15) is 0 Å². The van der Waals surface area contributed by atoms with Crippen LogP contribution in [0.3, 0.4) is 0 Å². The summed E-state index contributed by atoms with van der Waals surface area (Å²) in [7, 11) is 1.75. The Morgan fingerprint density at radius 2 is 1.79 bits per heavy atom. The largest absolute Gasteiger partial charge is 0.396 e. The molecule has 4 aliphatic rings. The van der Waals surface area contributed by atoms with E-state index in [2.05, 4.69) is 13.8 Å². The van der Waals surface area contributed by atoms with Crippen molar-refractivity contribution in [2.45, 2.75) is 76.2 Å². The molecule has 8 nitrogen and oxygen atoms in total. The number of ether oxygens (including phenoxy) is 1. The van der Waals surface area contributed by atoms with E-state index in [0.717, 1.165) is 19.3 Å². The number of likely N-dealkylation sites (N-methyl/N-ethyl adjacent to an activating group) is 1. The van der Waals surface area contributed by atoms with Gasteiger partial charge in [0.25, 0.3) is 0 Å². The van der Waals surface area contributed by atoms with Crippen molar-refractivity contribution in [1.82, 2.24) is 14.7 Å². The normalized spacial score (nSPS) is 35.9. The predicted octanol–water partition coefficient (Wildman–Crippen LogP) is 1.74. The molecule has 1 spiro atoms. The van der Waals surface area contributed by atoms with Gasteiger partial charge in [0.1, 0.15) is 11.6 Å². The number of carbonyl (C=O) groups excluding carboxylic acids is 3. The zero-order valence-corrected chi connectivity index (χ0v) is 20.9. The minimum absolute atomic E-state index is 0.0396. The monoisotopic (exact) mass is 473 g/mol. The number of rotatable bonds is 8. The van der Waals surface area contributed by atoms with Gasteiger partial charge in [0.05, 0.1) is 17.4 Å². The molecule has 2 unspecified atom stereocenters. The molecule has 188 valence electrons. The summed E-state index contributed by atoms with van der Waals surface area (Å²) < 4.78 is 6.76. The van der Waals surface area contributed by atoms with Crippen molar-refractivity contribution in [3.05, 3.63) is 24.3 Å². The maximum Gasteiger partial charge on any atom is 0.249 e. The second kappa shape index (κ2) is 9.46. The maximum atomic E-state index is 14.1. The Hall–Kier alpha value is -2.19. The van der Waals surface area contributed by atoms with Crippen molar-refractivity contribution < 1.29 is 24.2 Å². The van der Waals surface area contributed by atoms with Crippen molar-refractivity contribution in [3.8, 4) is 0 Å². The predicted molar refractivity (Wildman–Crippen MR) is 128 cm³/mol. The third-order valence-electron chi connectivity index (χ3n) is 8.09. The van der Waals surface area contributed by atoms with Gasteiger partial charge < -0.3 is 24.5 Å². The second-order valence-corrected chi connectivity index (χ2v) is 10.5. The van der Waals surface area contributed by atoms with Gasteiger partial charge >= 0.3 is 0 Å². The number of likely N-dealkylation sites (tertiary alicyclic amines) is 1. The maximum absolute atomic E-state index is 14.1. The lowest BCUT2D eigenvalue weighted by Crippen LogP contribution is -2.57. The molecule has 4 heterocycles. The summed E-state index contributed by atoms with van der Waals surface area (Å²) in [6.45, 7) is 7.46. The molecule has 0 aromatic carbocycles. The average molecular weight is 474 g/mol. The number of fused-ring (bicyclic) bond motifs is 2. The first-order valence-corrected chi connectivity index (χ1v) is 12.7. The van der Waals surface area contributed by atoms with E-state index in [1.807, 2.05) is 36.1 Å². The number of aliphatic hydroxyl groups excluding tert-OH is 1. The first kappa shape index (κ1) is 24.9. The van der Waals surface area contributed by atoms with Crippen molar-refractivity contribution in [1.29, 1.82) is 0 Å². The van der Waals surface area contributed by atoms with E-state index in [1.165, 1.54) is 0 Å². The summed E-state index contributed by atoms with van der Waals surface area (Å²) in [5, 5.41) is 9.17. The van der Waals surface area contributed by atoms with Crippen LogP contribution < -0.4 is 0 Å². The van der Waals surface area contributed by atoms with Crippen LogP contribution in [0.1, 0.15) is 52.9 Å². The molecule has 4 aliphatic heterocycles. The highest BCUT2D eigenvalue weighted by Gasteiger charge is 2.74. The van der Waals surface area contributed by atoms with E-state index in [0.29, 0.717) is 32.5 Å². The molecule has 34 heavy (non-hydrogen) atoms. The van der Waals surface area contributed by atoms with Crippen LogP contribution in [0.15, 0.2) is 24.3 Å². The van der Waals surface area contributed by atoms with Crippen molar-refractivity contribution in [2.75, 3.05) is 33.3 Å². The highest BCUT2D eigenvalue weighted by Crippen LogP contribution is 2.57. The number of nitrogens with zero attached hydrogens (tertiary/aromatic N) is 3. The lowest BCUT2D eigenvalue weighted by Gasteiger charge is -2.38. The molecular formula is C26H39N3O5. The SMILES string of the molecule is CCCC(C)N1CC=C[C@]23O[C@]4(C)C=CCN(C)C(=O)[C@@H]4[C@H]2C(=O)N(CCCCCO)C3C1=O. The topological polar surface area (TPSA) is 90.4 Å². The molecule has 6 atom stereocenters. The number of carbonyl (C=O) groups is 3. The molecule has 2 saturated heterocycles. The molecule has 0 aromatic rings. The number of hydrogen-bond acceptors (Lipinski definition) is 5. The minimum Gasteiger partial charge on any atom is -0.396 e. The molecule has 0 bridgehead atoms. The van der Waals surface area contributed by atoms with Crippen LogP contribution in [0.2, 0.25) is 0 Å².